The maximum absolute atomic E-state index is 10.7. The molecule has 0 radical (unpaired) electrons. The topological polar surface area (TPSA) is 62.2 Å². The number of nitrogens with zero attached hydrogens (tertiary/aromatic N) is 1. The van der Waals surface area contributed by atoms with Crippen LogP contribution in [0.4, 0.5) is 5.69 Å². The van der Waals surface area contributed by atoms with Crippen LogP contribution < -0.4 is 5.32 Å². The number of aliphatic carboxylic acids is 1. The SMILES string of the molecule is CC(Nc1ccnc2c1CCC2)C(=O)O. The highest BCUT2D eigenvalue weighted by molar-refractivity contribution is 5.77. The molecule has 15 heavy (non-hydrogen) atoms. The Kier molecular flexibility index (Phi) is 2.58. The number of pyridine rings is 1. The molecule has 1 unspecified atom stereocenters. The first kappa shape index (κ1) is 9.96. The number of rotatable bonds is 3. The highest BCUT2D eigenvalue weighted by Gasteiger charge is 2.18. The van der Waals surface area contributed by atoms with E-state index in [0.29, 0.717) is 0 Å². The van der Waals surface area contributed by atoms with Gasteiger partial charge < -0.3 is 10.4 Å². The molecule has 1 aliphatic rings. The molecule has 0 fully saturated rings. The lowest BCUT2D eigenvalue weighted by atomic mass is 10.1. The van der Waals surface area contributed by atoms with Gasteiger partial charge in [-0.2, -0.15) is 0 Å². The quantitative estimate of drug-likeness (QED) is 0.785. The molecule has 0 aliphatic heterocycles. The van der Waals surface area contributed by atoms with Crippen molar-refractivity contribution in [3.8, 4) is 0 Å². The van der Waals surface area contributed by atoms with E-state index in [-0.39, 0.29) is 0 Å². The van der Waals surface area contributed by atoms with Gasteiger partial charge in [-0.05, 0) is 37.8 Å². The van der Waals surface area contributed by atoms with E-state index in [1.807, 2.05) is 6.07 Å². The van der Waals surface area contributed by atoms with Crippen molar-refractivity contribution in [3.63, 3.8) is 0 Å². The third-order valence-corrected chi connectivity index (χ3v) is 2.73. The van der Waals surface area contributed by atoms with Gasteiger partial charge in [0.2, 0.25) is 0 Å². The van der Waals surface area contributed by atoms with Crippen LogP contribution >= 0.6 is 0 Å². The zero-order valence-corrected chi connectivity index (χ0v) is 8.66. The first-order chi connectivity index (χ1) is 7.18. The number of aromatic nitrogens is 1. The standard InChI is InChI=1S/C11H14N2O2/c1-7(11(14)15)13-10-5-6-12-9-4-2-3-8(9)10/h5-7H,2-4H2,1H3,(H,12,13)(H,14,15). The molecule has 1 atom stereocenters. The zero-order valence-electron chi connectivity index (χ0n) is 8.66. The summed E-state index contributed by atoms with van der Waals surface area (Å²) in [6, 6.07) is 1.29. The molecule has 4 nitrogen and oxygen atoms in total. The van der Waals surface area contributed by atoms with Crippen molar-refractivity contribution in [3.05, 3.63) is 23.5 Å². The van der Waals surface area contributed by atoms with Gasteiger partial charge in [0, 0.05) is 17.6 Å². The van der Waals surface area contributed by atoms with E-state index in [0.717, 1.165) is 30.6 Å². The van der Waals surface area contributed by atoms with E-state index in [1.54, 1.807) is 13.1 Å². The van der Waals surface area contributed by atoms with Crippen molar-refractivity contribution in [2.75, 3.05) is 5.32 Å². The van der Waals surface area contributed by atoms with Gasteiger partial charge in [-0.3, -0.25) is 9.78 Å². The Morgan fingerprint density at radius 3 is 3.13 bits per heavy atom. The summed E-state index contributed by atoms with van der Waals surface area (Å²) in [5.41, 5.74) is 3.22. The number of fused-ring (bicyclic) bond motifs is 1. The first-order valence-corrected chi connectivity index (χ1v) is 5.14. The summed E-state index contributed by atoms with van der Waals surface area (Å²) in [4.78, 5) is 15.0. The summed E-state index contributed by atoms with van der Waals surface area (Å²) in [6.07, 6.45) is 4.85. The largest absolute Gasteiger partial charge is 0.480 e. The van der Waals surface area contributed by atoms with E-state index in [2.05, 4.69) is 10.3 Å². The van der Waals surface area contributed by atoms with Crippen LogP contribution in [-0.2, 0) is 17.6 Å². The molecule has 1 aromatic rings. The van der Waals surface area contributed by atoms with Crippen LogP contribution in [0.15, 0.2) is 12.3 Å². The lowest BCUT2D eigenvalue weighted by Crippen LogP contribution is -2.26. The third kappa shape index (κ3) is 1.93. The van der Waals surface area contributed by atoms with Gasteiger partial charge in [-0.15, -0.1) is 0 Å². The minimum atomic E-state index is -0.835. The molecule has 0 amide bonds. The Morgan fingerprint density at radius 2 is 2.40 bits per heavy atom. The fourth-order valence-corrected chi connectivity index (χ4v) is 1.89. The van der Waals surface area contributed by atoms with E-state index in [4.69, 9.17) is 5.11 Å². The van der Waals surface area contributed by atoms with Crippen LogP contribution in [0.2, 0.25) is 0 Å². The van der Waals surface area contributed by atoms with E-state index < -0.39 is 12.0 Å². The van der Waals surface area contributed by atoms with Gasteiger partial charge >= 0.3 is 5.97 Å². The molecule has 80 valence electrons. The molecular formula is C11H14N2O2. The maximum atomic E-state index is 10.7. The molecule has 4 heteroatoms. The molecule has 1 heterocycles. The van der Waals surface area contributed by atoms with Crippen molar-refractivity contribution < 1.29 is 9.90 Å². The minimum Gasteiger partial charge on any atom is -0.480 e. The van der Waals surface area contributed by atoms with Crippen molar-refractivity contribution in [1.29, 1.82) is 0 Å². The molecule has 0 aromatic carbocycles. The van der Waals surface area contributed by atoms with Gasteiger partial charge in [-0.25, -0.2) is 0 Å². The lowest BCUT2D eigenvalue weighted by Gasteiger charge is -2.13. The van der Waals surface area contributed by atoms with E-state index >= 15 is 0 Å². The number of carboxylic acid groups (broad SMARTS) is 1. The Balaban J connectivity index is 2.22. The van der Waals surface area contributed by atoms with E-state index in [9.17, 15) is 4.79 Å². The van der Waals surface area contributed by atoms with Gasteiger partial charge in [-0.1, -0.05) is 0 Å². The molecule has 0 saturated carbocycles. The molecule has 0 bridgehead atoms. The van der Waals surface area contributed by atoms with Gasteiger partial charge in [0.05, 0.1) is 0 Å². The molecule has 0 saturated heterocycles. The fourth-order valence-electron chi connectivity index (χ4n) is 1.89. The summed E-state index contributed by atoms with van der Waals surface area (Å²) < 4.78 is 0. The Morgan fingerprint density at radius 1 is 1.60 bits per heavy atom. The zero-order chi connectivity index (χ0) is 10.8. The van der Waals surface area contributed by atoms with E-state index in [1.165, 1.54) is 5.56 Å². The normalized spacial score (nSPS) is 15.8. The second-order valence-electron chi connectivity index (χ2n) is 3.84. The predicted molar refractivity (Wildman–Crippen MR) is 57.0 cm³/mol. The van der Waals surface area contributed by atoms with Gasteiger partial charge in [0.25, 0.3) is 0 Å². The fraction of sp³-hybridized carbons (Fsp3) is 0.455. The highest BCUT2D eigenvalue weighted by Crippen LogP contribution is 2.27. The third-order valence-electron chi connectivity index (χ3n) is 2.73. The van der Waals surface area contributed by atoms with Crippen LogP contribution in [0.5, 0.6) is 0 Å². The number of hydrogen-bond donors (Lipinski definition) is 2. The van der Waals surface area contributed by atoms with Crippen LogP contribution in [-0.4, -0.2) is 22.1 Å². The highest BCUT2D eigenvalue weighted by atomic mass is 16.4. The van der Waals surface area contributed by atoms with Crippen molar-refractivity contribution in [2.24, 2.45) is 0 Å². The second-order valence-corrected chi connectivity index (χ2v) is 3.84. The summed E-state index contributed by atoms with van der Waals surface area (Å²) in [5.74, 6) is -0.835. The van der Waals surface area contributed by atoms with Crippen LogP contribution in [0, 0.1) is 0 Å². The molecule has 2 rings (SSSR count). The number of carboxylic acids is 1. The van der Waals surface area contributed by atoms with Crippen molar-refractivity contribution >= 4 is 11.7 Å². The Labute approximate surface area is 88.3 Å². The maximum Gasteiger partial charge on any atom is 0.325 e. The molecule has 1 aromatic heterocycles. The van der Waals surface area contributed by atoms with Crippen molar-refractivity contribution in [2.45, 2.75) is 32.2 Å². The summed E-state index contributed by atoms with van der Waals surface area (Å²) in [5, 5.41) is 11.8. The van der Waals surface area contributed by atoms with Crippen LogP contribution in [0.3, 0.4) is 0 Å². The Bertz CT molecular complexity index is 390. The monoisotopic (exact) mass is 206 g/mol. The average Bonchev–Trinajstić information content (AvgIpc) is 2.66. The average molecular weight is 206 g/mol. The van der Waals surface area contributed by atoms with Crippen LogP contribution in [0.1, 0.15) is 24.6 Å². The van der Waals surface area contributed by atoms with Gasteiger partial charge in [0.1, 0.15) is 6.04 Å². The number of nitrogens with one attached hydrogen (secondary N) is 1. The molecule has 2 N–H and O–H groups in total. The summed E-state index contributed by atoms with van der Waals surface area (Å²) >= 11 is 0. The summed E-state index contributed by atoms with van der Waals surface area (Å²) in [6.45, 7) is 1.64. The van der Waals surface area contributed by atoms with Gasteiger partial charge in [0.15, 0.2) is 0 Å². The smallest absolute Gasteiger partial charge is 0.325 e. The number of anilines is 1. The predicted octanol–water partition coefficient (Wildman–Crippen LogP) is 1.46. The second kappa shape index (κ2) is 3.88. The molecular weight excluding hydrogens is 192 g/mol. The number of carbonyl (C=O) groups is 1. The number of aryl methyl sites for hydroxylation is 1. The minimum absolute atomic E-state index is 0.558. The first-order valence-electron chi connectivity index (χ1n) is 5.14. The Hall–Kier alpha value is -1.58. The number of hydrogen-bond acceptors (Lipinski definition) is 3. The molecule has 0 spiro atoms. The lowest BCUT2D eigenvalue weighted by molar-refractivity contribution is -0.137. The summed E-state index contributed by atoms with van der Waals surface area (Å²) in [7, 11) is 0. The van der Waals surface area contributed by atoms with Crippen molar-refractivity contribution in [1.82, 2.24) is 4.98 Å². The van der Waals surface area contributed by atoms with Crippen LogP contribution in [0.25, 0.3) is 0 Å². The molecule has 1 aliphatic carbocycles.